The maximum Gasteiger partial charge on any atom is 0.347 e. The fourth-order valence-corrected chi connectivity index (χ4v) is 2.56. The molecule has 8 heteroatoms. The van der Waals surface area contributed by atoms with Gasteiger partial charge < -0.3 is 19.7 Å². The minimum Gasteiger partial charge on any atom is -0.477 e. The van der Waals surface area contributed by atoms with Gasteiger partial charge in [0.15, 0.2) is 12.7 Å². The first-order valence-corrected chi connectivity index (χ1v) is 8.87. The molecular formula is C19H20Cl2N2O4. The number of anilines is 2. The first-order valence-electron chi connectivity index (χ1n) is 8.12. The Morgan fingerprint density at radius 1 is 1.11 bits per heavy atom. The van der Waals surface area contributed by atoms with E-state index in [1.165, 1.54) is 13.0 Å². The first-order chi connectivity index (χ1) is 12.8. The van der Waals surface area contributed by atoms with Crippen molar-refractivity contribution in [1.82, 2.24) is 0 Å². The van der Waals surface area contributed by atoms with Crippen molar-refractivity contribution in [2.75, 3.05) is 30.9 Å². The van der Waals surface area contributed by atoms with E-state index in [-0.39, 0.29) is 5.02 Å². The standard InChI is InChI=1S/C19H20Cl2N2O4/c1-12(27-17-9-4-13(20)10-16(17)21)19(25)26-11-18(24)22-14-5-7-15(8-6-14)23(2)3/h4-10,12H,11H2,1-3H3,(H,22,24). The third-order valence-electron chi connectivity index (χ3n) is 3.54. The maximum absolute atomic E-state index is 12.0. The van der Waals surface area contributed by atoms with Gasteiger partial charge in [-0.05, 0) is 49.4 Å². The summed E-state index contributed by atoms with van der Waals surface area (Å²) in [5, 5.41) is 3.39. The lowest BCUT2D eigenvalue weighted by Gasteiger charge is -2.15. The second kappa shape index (κ2) is 9.48. The Hall–Kier alpha value is -2.44. The molecule has 1 unspecified atom stereocenters. The Bertz CT molecular complexity index is 810. The van der Waals surface area contributed by atoms with Crippen LogP contribution in [0.5, 0.6) is 5.75 Å². The molecule has 0 fully saturated rings. The van der Waals surface area contributed by atoms with Crippen molar-refractivity contribution < 1.29 is 19.1 Å². The van der Waals surface area contributed by atoms with Crippen LogP contribution in [0.1, 0.15) is 6.92 Å². The highest BCUT2D eigenvalue weighted by Crippen LogP contribution is 2.28. The molecule has 27 heavy (non-hydrogen) atoms. The summed E-state index contributed by atoms with van der Waals surface area (Å²) in [6.45, 7) is 1.08. The zero-order valence-electron chi connectivity index (χ0n) is 15.2. The quantitative estimate of drug-likeness (QED) is 0.698. The van der Waals surface area contributed by atoms with Gasteiger partial charge in [-0.1, -0.05) is 23.2 Å². The van der Waals surface area contributed by atoms with Crippen molar-refractivity contribution in [2.24, 2.45) is 0 Å². The number of nitrogens with one attached hydrogen (secondary N) is 1. The Labute approximate surface area is 168 Å². The SMILES string of the molecule is CC(Oc1ccc(Cl)cc1Cl)C(=O)OCC(=O)Nc1ccc(N(C)C)cc1. The summed E-state index contributed by atoms with van der Waals surface area (Å²) in [4.78, 5) is 25.9. The van der Waals surface area contributed by atoms with Crippen LogP contribution in [0.3, 0.4) is 0 Å². The largest absolute Gasteiger partial charge is 0.477 e. The molecule has 1 atom stereocenters. The van der Waals surface area contributed by atoms with Gasteiger partial charge in [0.2, 0.25) is 0 Å². The molecule has 2 aromatic carbocycles. The van der Waals surface area contributed by atoms with Crippen LogP contribution in [0.15, 0.2) is 42.5 Å². The van der Waals surface area contributed by atoms with Gasteiger partial charge in [-0.25, -0.2) is 4.79 Å². The van der Waals surface area contributed by atoms with Gasteiger partial charge in [-0.15, -0.1) is 0 Å². The molecule has 0 heterocycles. The highest BCUT2D eigenvalue weighted by molar-refractivity contribution is 6.35. The molecule has 0 radical (unpaired) electrons. The van der Waals surface area contributed by atoms with Gasteiger partial charge in [0.1, 0.15) is 5.75 Å². The number of hydrogen-bond donors (Lipinski definition) is 1. The summed E-state index contributed by atoms with van der Waals surface area (Å²) in [5.74, 6) is -0.826. The van der Waals surface area contributed by atoms with Crippen molar-refractivity contribution in [3.63, 3.8) is 0 Å². The van der Waals surface area contributed by atoms with E-state index in [2.05, 4.69) is 5.32 Å². The molecule has 2 aromatic rings. The number of amides is 1. The molecule has 0 aromatic heterocycles. The highest BCUT2D eigenvalue weighted by Gasteiger charge is 2.19. The fraction of sp³-hybridized carbons (Fsp3) is 0.263. The van der Waals surface area contributed by atoms with E-state index in [1.807, 2.05) is 31.1 Å². The van der Waals surface area contributed by atoms with Crippen LogP contribution in [0.4, 0.5) is 11.4 Å². The average Bonchev–Trinajstić information content (AvgIpc) is 2.62. The third kappa shape index (κ3) is 6.34. The Kier molecular flexibility index (Phi) is 7.33. The van der Waals surface area contributed by atoms with Crippen LogP contribution in [0.25, 0.3) is 0 Å². The van der Waals surface area contributed by atoms with E-state index >= 15 is 0 Å². The number of rotatable bonds is 7. The number of esters is 1. The van der Waals surface area contributed by atoms with Crippen LogP contribution in [0.2, 0.25) is 10.0 Å². The van der Waals surface area contributed by atoms with Gasteiger partial charge in [-0.3, -0.25) is 4.79 Å². The monoisotopic (exact) mass is 410 g/mol. The highest BCUT2D eigenvalue weighted by atomic mass is 35.5. The lowest BCUT2D eigenvalue weighted by atomic mass is 10.2. The minimum atomic E-state index is -0.934. The molecule has 144 valence electrons. The summed E-state index contributed by atoms with van der Waals surface area (Å²) in [6.07, 6.45) is -0.934. The van der Waals surface area contributed by atoms with Crippen molar-refractivity contribution >= 4 is 46.5 Å². The van der Waals surface area contributed by atoms with E-state index in [0.717, 1.165) is 5.69 Å². The number of benzene rings is 2. The minimum absolute atomic E-state index is 0.279. The summed E-state index contributed by atoms with van der Waals surface area (Å²) in [6, 6.07) is 11.9. The van der Waals surface area contributed by atoms with Crippen LogP contribution >= 0.6 is 23.2 Å². The molecule has 0 aliphatic rings. The average molecular weight is 411 g/mol. The number of carbonyl (C=O) groups excluding carboxylic acids is 2. The maximum atomic E-state index is 12.0. The fourth-order valence-electron chi connectivity index (χ4n) is 2.10. The Morgan fingerprint density at radius 2 is 1.78 bits per heavy atom. The van der Waals surface area contributed by atoms with Gasteiger partial charge in [0.05, 0.1) is 5.02 Å². The Balaban J connectivity index is 1.82. The number of ether oxygens (including phenoxy) is 2. The number of hydrogen-bond acceptors (Lipinski definition) is 5. The summed E-state index contributed by atoms with van der Waals surface area (Å²) in [5.41, 5.74) is 1.62. The lowest BCUT2D eigenvalue weighted by Crippen LogP contribution is -2.29. The number of carbonyl (C=O) groups is 2. The van der Waals surface area contributed by atoms with Crippen LogP contribution in [-0.2, 0) is 14.3 Å². The molecule has 1 amide bonds. The zero-order chi connectivity index (χ0) is 20.0. The smallest absolute Gasteiger partial charge is 0.347 e. The van der Waals surface area contributed by atoms with E-state index in [4.69, 9.17) is 32.7 Å². The molecule has 0 saturated carbocycles. The summed E-state index contributed by atoms with van der Waals surface area (Å²) in [7, 11) is 3.85. The van der Waals surface area contributed by atoms with Crippen molar-refractivity contribution in [3.8, 4) is 5.75 Å². The van der Waals surface area contributed by atoms with Gasteiger partial charge in [0.25, 0.3) is 5.91 Å². The van der Waals surface area contributed by atoms with Crippen LogP contribution < -0.4 is 15.0 Å². The molecule has 6 nitrogen and oxygen atoms in total. The second-order valence-electron chi connectivity index (χ2n) is 5.93. The van der Waals surface area contributed by atoms with E-state index in [9.17, 15) is 9.59 Å². The predicted molar refractivity (Wildman–Crippen MR) is 107 cm³/mol. The lowest BCUT2D eigenvalue weighted by molar-refractivity contribution is -0.153. The predicted octanol–water partition coefficient (Wildman–Crippen LogP) is 4.01. The van der Waals surface area contributed by atoms with Crippen molar-refractivity contribution in [2.45, 2.75) is 13.0 Å². The van der Waals surface area contributed by atoms with E-state index in [1.54, 1.807) is 24.3 Å². The van der Waals surface area contributed by atoms with Crippen LogP contribution in [0, 0.1) is 0 Å². The first kappa shape index (κ1) is 20.9. The van der Waals surface area contributed by atoms with E-state index < -0.39 is 24.6 Å². The molecular weight excluding hydrogens is 391 g/mol. The van der Waals surface area contributed by atoms with Crippen molar-refractivity contribution in [1.29, 1.82) is 0 Å². The third-order valence-corrected chi connectivity index (χ3v) is 4.07. The molecule has 0 bridgehead atoms. The second-order valence-corrected chi connectivity index (χ2v) is 6.78. The molecule has 0 aliphatic carbocycles. The molecule has 0 aliphatic heterocycles. The van der Waals surface area contributed by atoms with Gasteiger partial charge in [-0.2, -0.15) is 0 Å². The summed E-state index contributed by atoms with van der Waals surface area (Å²) < 4.78 is 10.4. The number of halogens is 2. The molecule has 0 spiro atoms. The number of nitrogens with zero attached hydrogens (tertiary/aromatic N) is 1. The molecule has 1 N–H and O–H groups in total. The van der Waals surface area contributed by atoms with Gasteiger partial charge in [0, 0.05) is 30.5 Å². The topological polar surface area (TPSA) is 67.9 Å². The van der Waals surface area contributed by atoms with Crippen LogP contribution in [-0.4, -0.2) is 38.7 Å². The zero-order valence-corrected chi connectivity index (χ0v) is 16.7. The van der Waals surface area contributed by atoms with E-state index in [0.29, 0.717) is 16.5 Å². The molecule has 0 saturated heterocycles. The normalized spacial score (nSPS) is 11.4. The van der Waals surface area contributed by atoms with Gasteiger partial charge >= 0.3 is 5.97 Å². The summed E-state index contributed by atoms with van der Waals surface area (Å²) >= 11 is 11.8. The molecule has 2 rings (SSSR count). The van der Waals surface area contributed by atoms with Crippen molar-refractivity contribution in [3.05, 3.63) is 52.5 Å². The Morgan fingerprint density at radius 3 is 2.37 bits per heavy atom.